The molecule has 0 N–H and O–H groups in total. The van der Waals surface area contributed by atoms with Gasteiger partial charge >= 0.3 is 11.9 Å². The molecule has 188 valence electrons. The Morgan fingerprint density at radius 2 is 1.42 bits per heavy atom. The summed E-state index contributed by atoms with van der Waals surface area (Å²) in [6.07, 6.45) is 11.0. The SMILES string of the molecule is C[C@]12CC[C@H]3[C@@H](CCC4=CC(OC(=O)c5ccccc5)CC[C@@H]43)[C@@H]1CCC2OC(=O)c1ccccc1. The number of hydrogen-bond acceptors (Lipinski definition) is 4. The summed E-state index contributed by atoms with van der Waals surface area (Å²) < 4.78 is 12.0. The van der Waals surface area contributed by atoms with Gasteiger partial charge in [0.2, 0.25) is 0 Å². The third kappa shape index (κ3) is 4.19. The van der Waals surface area contributed by atoms with Crippen LogP contribution in [0, 0.1) is 29.1 Å². The van der Waals surface area contributed by atoms with E-state index in [0.717, 1.165) is 38.5 Å². The van der Waals surface area contributed by atoms with Gasteiger partial charge in [-0.05, 0) is 105 Å². The lowest BCUT2D eigenvalue weighted by Crippen LogP contribution is -2.48. The van der Waals surface area contributed by atoms with Gasteiger partial charge in [0.15, 0.2) is 0 Å². The van der Waals surface area contributed by atoms with Crippen molar-refractivity contribution >= 4 is 11.9 Å². The monoisotopic (exact) mass is 484 g/mol. The summed E-state index contributed by atoms with van der Waals surface area (Å²) >= 11 is 0. The van der Waals surface area contributed by atoms with Gasteiger partial charge in [0.1, 0.15) is 12.2 Å². The van der Waals surface area contributed by atoms with Gasteiger partial charge in [-0.1, -0.05) is 48.9 Å². The summed E-state index contributed by atoms with van der Waals surface area (Å²) in [4.78, 5) is 25.4. The van der Waals surface area contributed by atoms with Crippen molar-refractivity contribution in [2.75, 3.05) is 0 Å². The van der Waals surface area contributed by atoms with E-state index in [-0.39, 0.29) is 29.6 Å². The van der Waals surface area contributed by atoms with Crippen molar-refractivity contribution in [3.63, 3.8) is 0 Å². The van der Waals surface area contributed by atoms with Crippen LogP contribution >= 0.6 is 0 Å². The standard InChI is InChI=1S/C32H36O4/c1-32-19-18-26-25-15-13-24(35-30(33)21-8-4-2-5-9-21)20-23(25)12-14-27(26)28(32)16-17-29(32)36-31(34)22-10-6-3-7-11-22/h2-11,20,24-29H,12-19H2,1H3/t24?,25-,26+,27+,28-,29?,32-/m0/s1. The Bertz CT molecular complexity index is 1140. The maximum absolute atomic E-state index is 12.8. The van der Waals surface area contributed by atoms with E-state index in [1.165, 1.54) is 18.4 Å². The van der Waals surface area contributed by atoms with E-state index in [1.807, 2.05) is 60.7 Å². The molecule has 7 atom stereocenters. The van der Waals surface area contributed by atoms with Crippen LogP contribution in [0.4, 0.5) is 0 Å². The number of allylic oxidation sites excluding steroid dienone is 1. The maximum Gasteiger partial charge on any atom is 0.338 e. The molecule has 0 bridgehead atoms. The van der Waals surface area contributed by atoms with Crippen LogP contribution in [0.3, 0.4) is 0 Å². The van der Waals surface area contributed by atoms with Crippen LogP contribution in [0.5, 0.6) is 0 Å². The second-order valence-electron chi connectivity index (χ2n) is 11.6. The number of carbonyl (C=O) groups excluding carboxylic acids is 2. The molecule has 4 heteroatoms. The lowest BCUT2D eigenvalue weighted by atomic mass is 9.52. The molecule has 4 aliphatic carbocycles. The van der Waals surface area contributed by atoms with E-state index in [4.69, 9.17) is 9.47 Å². The van der Waals surface area contributed by atoms with Gasteiger partial charge in [-0.15, -0.1) is 0 Å². The topological polar surface area (TPSA) is 52.6 Å². The molecule has 0 spiro atoms. The molecule has 36 heavy (non-hydrogen) atoms. The van der Waals surface area contributed by atoms with Gasteiger partial charge in [0.25, 0.3) is 0 Å². The Labute approximate surface area is 214 Å². The van der Waals surface area contributed by atoms with E-state index in [2.05, 4.69) is 13.0 Å². The van der Waals surface area contributed by atoms with Crippen LogP contribution in [0.2, 0.25) is 0 Å². The quantitative estimate of drug-likeness (QED) is 0.346. The highest BCUT2D eigenvalue weighted by molar-refractivity contribution is 5.90. The highest BCUT2D eigenvalue weighted by atomic mass is 16.5. The number of fused-ring (bicyclic) bond motifs is 5. The Hall–Kier alpha value is -2.88. The Kier molecular flexibility index (Phi) is 6.23. The van der Waals surface area contributed by atoms with E-state index in [0.29, 0.717) is 34.8 Å². The number of carbonyl (C=O) groups is 2. The van der Waals surface area contributed by atoms with Crippen molar-refractivity contribution in [3.05, 3.63) is 83.4 Å². The summed E-state index contributed by atoms with van der Waals surface area (Å²) in [6, 6.07) is 18.7. The van der Waals surface area contributed by atoms with Gasteiger partial charge in [-0.3, -0.25) is 0 Å². The Morgan fingerprint density at radius 3 is 2.11 bits per heavy atom. The fourth-order valence-electron chi connectivity index (χ4n) is 8.09. The maximum atomic E-state index is 12.8. The number of ether oxygens (including phenoxy) is 2. The highest BCUT2D eigenvalue weighted by Gasteiger charge is 2.57. The first-order valence-corrected chi connectivity index (χ1v) is 13.8. The average molecular weight is 485 g/mol. The summed E-state index contributed by atoms with van der Waals surface area (Å²) in [5.41, 5.74) is 2.87. The first kappa shape index (κ1) is 23.5. The van der Waals surface area contributed by atoms with Crippen molar-refractivity contribution in [1.29, 1.82) is 0 Å². The van der Waals surface area contributed by atoms with E-state index in [9.17, 15) is 9.59 Å². The van der Waals surface area contributed by atoms with E-state index >= 15 is 0 Å². The van der Waals surface area contributed by atoms with Gasteiger partial charge in [0, 0.05) is 5.41 Å². The number of hydrogen-bond donors (Lipinski definition) is 0. The molecule has 2 aromatic rings. The molecule has 0 heterocycles. The molecule has 3 saturated carbocycles. The molecule has 0 amide bonds. The van der Waals surface area contributed by atoms with Gasteiger partial charge in [-0.25, -0.2) is 9.59 Å². The largest absolute Gasteiger partial charge is 0.458 e. The molecule has 6 rings (SSSR count). The minimum absolute atomic E-state index is 0.0150. The zero-order valence-electron chi connectivity index (χ0n) is 21.1. The molecular weight excluding hydrogens is 448 g/mol. The van der Waals surface area contributed by atoms with Crippen molar-refractivity contribution < 1.29 is 19.1 Å². The van der Waals surface area contributed by atoms with Gasteiger partial charge in [0.05, 0.1) is 11.1 Å². The summed E-state index contributed by atoms with van der Waals surface area (Å²) in [5, 5.41) is 0. The van der Waals surface area contributed by atoms with Crippen molar-refractivity contribution in [2.24, 2.45) is 29.1 Å². The first-order chi connectivity index (χ1) is 17.5. The normalized spacial score (nSPS) is 35.0. The fraction of sp³-hybridized carbons (Fsp3) is 0.500. The average Bonchev–Trinajstić information content (AvgIpc) is 3.25. The number of esters is 2. The van der Waals surface area contributed by atoms with Crippen molar-refractivity contribution in [3.8, 4) is 0 Å². The lowest BCUT2D eigenvalue weighted by molar-refractivity contribution is -0.0653. The molecule has 2 aromatic carbocycles. The minimum atomic E-state index is -0.222. The van der Waals surface area contributed by atoms with Crippen LogP contribution in [0.15, 0.2) is 72.3 Å². The minimum Gasteiger partial charge on any atom is -0.458 e. The van der Waals surface area contributed by atoms with Gasteiger partial charge in [-0.2, -0.15) is 0 Å². The fourth-order valence-corrected chi connectivity index (χ4v) is 8.09. The van der Waals surface area contributed by atoms with Gasteiger partial charge < -0.3 is 9.47 Å². The molecule has 3 fully saturated rings. The van der Waals surface area contributed by atoms with Crippen LogP contribution in [0.25, 0.3) is 0 Å². The molecule has 4 aliphatic rings. The second-order valence-corrected chi connectivity index (χ2v) is 11.6. The molecule has 0 radical (unpaired) electrons. The lowest BCUT2D eigenvalue weighted by Gasteiger charge is -2.53. The number of rotatable bonds is 4. The predicted molar refractivity (Wildman–Crippen MR) is 138 cm³/mol. The van der Waals surface area contributed by atoms with Crippen LogP contribution in [-0.2, 0) is 9.47 Å². The Morgan fingerprint density at radius 1 is 0.750 bits per heavy atom. The third-order valence-electron chi connectivity index (χ3n) is 9.85. The molecular formula is C32H36O4. The zero-order chi connectivity index (χ0) is 24.7. The van der Waals surface area contributed by atoms with Crippen molar-refractivity contribution in [2.45, 2.75) is 70.5 Å². The molecule has 2 unspecified atom stereocenters. The van der Waals surface area contributed by atoms with Crippen LogP contribution < -0.4 is 0 Å². The van der Waals surface area contributed by atoms with Crippen LogP contribution in [-0.4, -0.2) is 24.1 Å². The predicted octanol–water partition coefficient (Wildman–Crippen LogP) is 7.01. The van der Waals surface area contributed by atoms with Crippen molar-refractivity contribution in [1.82, 2.24) is 0 Å². The molecule has 0 aliphatic heterocycles. The summed E-state index contributed by atoms with van der Waals surface area (Å²) in [5.74, 6) is 2.25. The third-order valence-corrected chi connectivity index (χ3v) is 9.85. The first-order valence-electron chi connectivity index (χ1n) is 13.8. The smallest absolute Gasteiger partial charge is 0.338 e. The molecule has 4 nitrogen and oxygen atoms in total. The van der Waals surface area contributed by atoms with Crippen LogP contribution in [0.1, 0.15) is 79.0 Å². The highest BCUT2D eigenvalue weighted by Crippen LogP contribution is 2.62. The summed E-state index contributed by atoms with van der Waals surface area (Å²) in [6.45, 7) is 2.38. The second kappa shape index (κ2) is 9.53. The molecule has 0 saturated heterocycles. The zero-order valence-corrected chi connectivity index (χ0v) is 21.1. The molecule has 0 aromatic heterocycles. The Balaban J connectivity index is 1.12. The van der Waals surface area contributed by atoms with E-state index in [1.54, 1.807) is 0 Å². The number of benzene rings is 2. The summed E-state index contributed by atoms with van der Waals surface area (Å²) in [7, 11) is 0. The van der Waals surface area contributed by atoms with E-state index < -0.39 is 0 Å².